The van der Waals surface area contributed by atoms with Crippen molar-refractivity contribution in [2.45, 2.75) is 6.04 Å². The van der Waals surface area contributed by atoms with Gasteiger partial charge in [-0.3, -0.25) is 14.5 Å². The van der Waals surface area contributed by atoms with Crippen molar-refractivity contribution in [3.05, 3.63) is 88.7 Å². The molecule has 1 aromatic heterocycles. The highest BCUT2D eigenvalue weighted by atomic mass is 32.1. The van der Waals surface area contributed by atoms with Crippen LogP contribution in [-0.4, -0.2) is 48.1 Å². The Kier molecular flexibility index (Phi) is 5.99. The molecule has 3 aromatic carbocycles. The molecule has 1 amide bonds. The molecule has 1 saturated heterocycles. The molecule has 1 N–H and O–H groups in total. The fourth-order valence-electron chi connectivity index (χ4n) is 4.60. The van der Waals surface area contributed by atoms with Crippen molar-refractivity contribution in [3.63, 3.8) is 0 Å². The van der Waals surface area contributed by atoms with Gasteiger partial charge in [0, 0.05) is 5.56 Å². The van der Waals surface area contributed by atoms with Crippen LogP contribution in [0.2, 0.25) is 0 Å². The highest BCUT2D eigenvalue weighted by Gasteiger charge is 2.48. The monoisotopic (exact) mass is 546 g/mol. The Morgan fingerprint density at radius 2 is 1.74 bits per heavy atom. The topological polar surface area (TPSA) is 115 Å². The Labute approximate surface area is 224 Å². The Hall–Kier alpha value is -4.77. The number of ether oxygens (including phenoxy) is 3. The van der Waals surface area contributed by atoms with Crippen molar-refractivity contribution in [3.8, 4) is 11.5 Å². The van der Waals surface area contributed by atoms with Gasteiger partial charge in [0.1, 0.15) is 24.8 Å². The normalized spacial score (nSPS) is 18.0. The number of aliphatic hydroxyl groups excluding tert-OH is 1. The lowest BCUT2D eigenvalue weighted by atomic mass is 9.94. The van der Waals surface area contributed by atoms with Crippen molar-refractivity contribution < 1.29 is 38.1 Å². The number of esters is 1. The molecule has 1 unspecified atom stereocenters. The molecule has 11 heteroatoms. The van der Waals surface area contributed by atoms with E-state index in [0.29, 0.717) is 40.5 Å². The van der Waals surface area contributed by atoms with E-state index in [1.54, 1.807) is 24.3 Å². The zero-order chi connectivity index (χ0) is 27.3. The summed E-state index contributed by atoms with van der Waals surface area (Å²) in [5.41, 5.74) is 1.23. The fourth-order valence-corrected chi connectivity index (χ4v) is 5.62. The number of carbonyl (C=O) groups is 3. The number of nitrogens with zero attached hydrogens (tertiary/aromatic N) is 2. The van der Waals surface area contributed by atoms with E-state index in [-0.39, 0.29) is 21.8 Å². The molecule has 0 saturated carbocycles. The lowest BCUT2D eigenvalue weighted by Crippen LogP contribution is -2.29. The number of thiazole rings is 1. The third-order valence-corrected chi connectivity index (χ3v) is 7.47. The van der Waals surface area contributed by atoms with Crippen LogP contribution in [0.5, 0.6) is 11.5 Å². The van der Waals surface area contributed by atoms with Crippen LogP contribution in [0.3, 0.4) is 0 Å². The Bertz CT molecular complexity index is 1700. The summed E-state index contributed by atoms with van der Waals surface area (Å²) in [6.07, 6.45) is 0. The van der Waals surface area contributed by atoms with E-state index in [2.05, 4.69) is 4.98 Å². The Balaban J connectivity index is 1.52. The average Bonchev–Trinajstić information content (AvgIpc) is 3.49. The van der Waals surface area contributed by atoms with Crippen molar-refractivity contribution in [2.24, 2.45) is 0 Å². The quantitative estimate of drug-likeness (QED) is 0.171. The summed E-state index contributed by atoms with van der Waals surface area (Å²) in [4.78, 5) is 44.5. The predicted molar refractivity (Wildman–Crippen MR) is 140 cm³/mol. The lowest BCUT2D eigenvalue weighted by molar-refractivity contribution is -0.132. The third kappa shape index (κ3) is 4.16. The van der Waals surface area contributed by atoms with Gasteiger partial charge in [-0.25, -0.2) is 14.2 Å². The number of Topliss-reactive ketones (excluding diaryl/α,β-unsaturated/α-hetero) is 1. The molecule has 0 bridgehead atoms. The molecule has 6 rings (SSSR count). The second-order valence-corrected chi connectivity index (χ2v) is 9.76. The number of ketones is 1. The first-order chi connectivity index (χ1) is 18.9. The van der Waals surface area contributed by atoms with E-state index in [1.165, 1.54) is 48.4 Å². The number of anilines is 1. The molecule has 39 heavy (non-hydrogen) atoms. The second-order valence-electron chi connectivity index (χ2n) is 8.75. The number of methoxy groups -OCH3 is 1. The summed E-state index contributed by atoms with van der Waals surface area (Å²) in [5.74, 6) is -2.37. The summed E-state index contributed by atoms with van der Waals surface area (Å²) in [6.45, 7) is 0.712. The minimum atomic E-state index is -1.09. The van der Waals surface area contributed by atoms with Gasteiger partial charge in [-0.05, 0) is 54.1 Å². The molecule has 0 spiro atoms. The summed E-state index contributed by atoms with van der Waals surface area (Å²) in [6, 6.07) is 13.8. The number of rotatable bonds is 4. The van der Waals surface area contributed by atoms with E-state index >= 15 is 0 Å². The van der Waals surface area contributed by atoms with E-state index in [1.807, 2.05) is 0 Å². The lowest BCUT2D eigenvalue weighted by Gasteiger charge is -2.23. The zero-order valence-electron chi connectivity index (χ0n) is 20.3. The van der Waals surface area contributed by atoms with Gasteiger partial charge in [0.25, 0.3) is 5.78 Å². The molecular formula is C28H19FN2O7S. The molecule has 196 valence electrons. The Morgan fingerprint density at radius 1 is 1.03 bits per heavy atom. The molecular weight excluding hydrogens is 527 g/mol. The van der Waals surface area contributed by atoms with E-state index in [0.717, 1.165) is 11.3 Å². The first kappa shape index (κ1) is 24.6. The van der Waals surface area contributed by atoms with Gasteiger partial charge in [0.05, 0.1) is 34.5 Å². The van der Waals surface area contributed by atoms with Crippen LogP contribution < -0.4 is 14.4 Å². The van der Waals surface area contributed by atoms with Crippen molar-refractivity contribution in [1.82, 2.24) is 4.98 Å². The second kappa shape index (κ2) is 9.52. The number of carbonyl (C=O) groups excluding carboxylic acids is 3. The van der Waals surface area contributed by atoms with Gasteiger partial charge in [0.2, 0.25) is 0 Å². The Morgan fingerprint density at radius 3 is 2.49 bits per heavy atom. The van der Waals surface area contributed by atoms with Gasteiger partial charge in [0.15, 0.2) is 16.6 Å². The van der Waals surface area contributed by atoms with Gasteiger partial charge in [-0.2, -0.15) is 0 Å². The molecule has 9 nitrogen and oxygen atoms in total. The molecule has 1 atom stereocenters. The SMILES string of the molecule is COC(=O)c1ccc(C2C(=C(O)c3ccc4c(c3)OCCO4)C(=O)C(=O)N2c2nc3ccc(F)cc3s2)cc1. The van der Waals surface area contributed by atoms with Gasteiger partial charge in [-0.15, -0.1) is 0 Å². The van der Waals surface area contributed by atoms with Gasteiger partial charge in [-0.1, -0.05) is 23.5 Å². The number of aromatic nitrogens is 1. The maximum absolute atomic E-state index is 13.9. The minimum absolute atomic E-state index is 0.154. The van der Waals surface area contributed by atoms with Crippen LogP contribution >= 0.6 is 11.3 Å². The van der Waals surface area contributed by atoms with Crippen LogP contribution in [-0.2, 0) is 14.3 Å². The highest BCUT2D eigenvalue weighted by molar-refractivity contribution is 7.22. The maximum atomic E-state index is 13.9. The van der Waals surface area contributed by atoms with Crippen LogP contribution in [0.1, 0.15) is 27.5 Å². The summed E-state index contributed by atoms with van der Waals surface area (Å²) >= 11 is 1.04. The van der Waals surface area contributed by atoms with Crippen LogP contribution in [0, 0.1) is 5.82 Å². The number of hydrogen-bond donors (Lipinski definition) is 1. The zero-order valence-corrected chi connectivity index (χ0v) is 21.2. The van der Waals surface area contributed by atoms with Crippen LogP contribution in [0.25, 0.3) is 16.0 Å². The van der Waals surface area contributed by atoms with E-state index in [4.69, 9.17) is 14.2 Å². The molecule has 1 fully saturated rings. The largest absolute Gasteiger partial charge is 0.507 e. The van der Waals surface area contributed by atoms with Gasteiger partial charge >= 0.3 is 11.9 Å². The number of aliphatic hydroxyl groups is 1. The number of hydrogen-bond acceptors (Lipinski definition) is 9. The number of halogens is 1. The van der Waals surface area contributed by atoms with Crippen LogP contribution in [0.15, 0.2) is 66.2 Å². The molecule has 4 aromatic rings. The van der Waals surface area contributed by atoms with Gasteiger partial charge < -0.3 is 19.3 Å². The predicted octanol–water partition coefficient (Wildman–Crippen LogP) is 4.62. The van der Waals surface area contributed by atoms with E-state index in [9.17, 15) is 23.9 Å². The number of benzene rings is 3. The number of fused-ring (bicyclic) bond motifs is 2. The average molecular weight is 547 g/mol. The highest BCUT2D eigenvalue weighted by Crippen LogP contribution is 2.45. The standard InChI is InChI=1S/C28H19FN2O7S/c1-36-27(35)15-4-2-14(3-5-15)23-22(24(32)16-6-9-19-20(12-16)38-11-10-37-19)25(33)26(34)31(23)28-30-18-8-7-17(29)13-21(18)39-28/h2-9,12-13,23,32H,10-11H2,1H3. The van der Waals surface area contributed by atoms with E-state index < -0.39 is 35.3 Å². The first-order valence-corrected chi connectivity index (χ1v) is 12.6. The van der Waals surface area contributed by atoms with Crippen LogP contribution in [0.4, 0.5) is 9.52 Å². The summed E-state index contributed by atoms with van der Waals surface area (Å²) in [7, 11) is 1.26. The molecule has 2 aliphatic rings. The smallest absolute Gasteiger partial charge is 0.337 e. The summed E-state index contributed by atoms with van der Waals surface area (Å²) < 4.78 is 30.3. The van der Waals surface area contributed by atoms with Crippen molar-refractivity contribution in [1.29, 1.82) is 0 Å². The molecule has 0 aliphatic carbocycles. The maximum Gasteiger partial charge on any atom is 0.337 e. The number of amides is 1. The summed E-state index contributed by atoms with van der Waals surface area (Å²) in [5, 5.41) is 11.6. The molecule has 3 heterocycles. The minimum Gasteiger partial charge on any atom is -0.507 e. The third-order valence-electron chi connectivity index (χ3n) is 6.45. The van der Waals surface area contributed by atoms with Crippen molar-refractivity contribution in [2.75, 3.05) is 25.2 Å². The van der Waals surface area contributed by atoms with Crippen molar-refractivity contribution >= 4 is 50.1 Å². The first-order valence-electron chi connectivity index (χ1n) is 11.8. The molecule has 2 aliphatic heterocycles. The fraction of sp³-hybridized carbons (Fsp3) is 0.143. The molecule has 0 radical (unpaired) electrons.